The Bertz CT molecular complexity index is 848. The van der Waals surface area contributed by atoms with Crippen molar-refractivity contribution in [1.29, 1.82) is 0 Å². The molecular formula is C24H28O. The van der Waals surface area contributed by atoms with Crippen LogP contribution in [0.1, 0.15) is 80.6 Å². The Kier molecular flexibility index (Phi) is 4.23. The lowest BCUT2D eigenvalue weighted by Crippen LogP contribution is -2.17. The molecule has 3 rings (SSSR count). The fourth-order valence-electron chi connectivity index (χ4n) is 4.38. The zero-order chi connectivity index (χ0) is 18.4. The maximum absolute atomic E-state index is 11.4. The van der Waals surface area contributed by atoms with Gasteiger partial charge in [-0.1, -0.05) is 76.2 Å². The van der Waals surface area contributed by atoms with E-state index in [4.69, 9.17) is 0 Å². The molecule has 1 nitrogen and oxygen atoms in total. The second kappa shape index (κ2) is 5.98. The molecule has 0 unspecified atom stereocenters. The molecule has 0 fully saturated rings. The molecule has 1 heteroatoms. The Hall–Kier alpha value is -2.15. The number of carbonyl (C=O) groups is 1. The average molecular weight is 332 g/mol. The van der Waals surface area contributed by atoms with Crippen molar-refractivity contribution in [2.75, 3.05) is 0 Å². The summed E-state index contributed by atoms with van der Waals surface area (Å²) in [6.45, 7) is 13.2. The predicted molar refractivity (Wildman–Crippen MR) is 107 cm³/mol. The van der Waals surface area contributed by atoms with E-state index in [9.17, 15) is 4.79 Å². The van der Waals surface area contributed by atoms with Gasteiger partial charge in [-0.3, -0.25) is 4.79 Å². The zero-order valence-electron chi connectivity index (χ0n) is 16.2. The molecule has 0 atom stereocenters. The largest absolute Gasteiger partial charge is 0.295 e. The topological polar surface area (TPSA) is 17.1 Å². The highest BCUT2D eigenvalue weighted by Crippen LogP contribution is 2.49. The van der Waals surface area contributed by atoms with Gasteiger partial charge in [0, 0.05) is 5.56 Å². The van der Waals surface area contributed by atoms with Crippen molar-refractivity contribution in [2.45, 2.75) is 58.8 Å². The Balaban J connectivity index is 1.96. The van der Waals surface area contributed by atoms with E-state index in [0.29, 0.717) is 0 Å². The van der Waals surface area contributed by atoms with Crippen molar-refractivity contribution < 1.29 is 4.79 Å². The van der Waals surface area contributed by atoms with E-state index < -0.39 is 0 Å². The summed E-state index contributed by atoms with van der Waals surface area (Å²) in [4.78, 5) is 11.4. The van der Waals surface area contributed by atoms with E-state index in [-0.39, 0.29) is 16.6 Å². The fraction of sp³-hybridized carbons (Fsp3) is 0.375. The highest BCUT2D eigenvalue weighted by Gasteiger charge is 2.41. The second-order valence-corrected chi connectivity index (χ2v) is 8.71. The number of carbonyl (C=O) groups excluding carboxylic acids is 1. The third-order valence-electron chi connectivity index (χ3n) is 5.52. The SMILES string of the molecule is CC(=O)c1ccc(C=C(C)c2ccc3c(c2)C(C)(C)CC3(C)C)cc1. The van der Waals surface area contributed by atoms with Crippen molar-refractivity contribution in [3.63, 3.8) is 0 Å². The third kappa shape index (κ3) is 3.33. The normalized spacial score (nSPS) is 18.1. The molecule has 0 heterocycles. The smallest absolute Gasteiger partial charge is 0.159 e. The monoisotopic (exact) mass is 332 g/mol. The Morgan fingerprint density at radius 2 is 1.40 bits per heavy atom. The van der Waals surface area contributed by atoms with Gasteiger partial charge in [-0.15, -0.1) is 0 Å². The summed E-state index contributed by atoms with van der Waals surface area (Å²) in [5, 5.41) is 0. The van der Waals surface area contributed by atoms with Crippen molar-refractivity contribution in [2.24, 2.45) is 0 Å². The first kappa shape index (κ1) is 17.7. The molecular weight excluding hydrogens is 304 g/mol. The van der Waals surface area contributed by atoms with Crippen LogP contribution < -0.4 is 0 Å². The van der Waals surface area contributed by atoms with Gasteiger partial charge < -0.3 is 0 Å². The minimum atomic E-state index is 0.107. The summed E-state index contributed by atoms with van der Waals surface area (Å²) >= 11 is 0. The number of hydrogen-bond acceptors (Lipinski definition) is 1. The number of hydrogen-bond donors (Lipinski definition) is 0. The van der Waals surface area contributed by atoms with Crippen molar-refractivity contribution in [1.82, 2.24) is 0 Å². The molecule has 0 saturated heterocycles. The third-order valence-corrected chi connectivity index (χ3v) is 5.52. The van der Waals surface area contributed by atoms with Gasteiger partial charge >= 0.3 is 0 Å². The molecule has 2 aromatic carbocycles. The van der Waals surface area contributed by atoms with Gasteiger partial charge in [0.2, 0.25) is 0 Å². The molecule has 0 amide bonds. The van der Waals surface area contributed by atoms with Crippen molar-refractivity contribution in [3.8, 4) is 0 Å². The van der Waals surface area contributed by atoms with E-state index in [1.165, 1.54) is 28.7 Å². The van der Waals surface area contributed by atoms with E-state index >= 15 is 0 Å². The lowest BCUT2D eigenvalue weighted by atomic mass is 9.82. The van der Waals surface area contributed by atoms with Crippen LogP contribution in [0.25, 0.3) is 11.6 Å². The predicted octanol–water partition coefficient (Wildman–Crippen LogP) is 6.41. The molecule has 0 N–H and O–H groups in total. The molecule has 130 valence electrons. The van der Waals surface area contributed by atoms with Crippen LogP contribution in [-0.2, 0) is 10.8 Å². The molecule has 0 saturated carbocycles. The standard InChI is InChI=1S/C24H28O/c1-16(13-18-7-9-19(10-8-18)17(2)25)20-11-12-21-22(14-20)24(5,6)15-23(21,3)4/h7-14H,15H2,1-6H3. The van der Waals surface area contributed by atoms with E-state index in [2.05, 4.69) is 58.9 Å². The number of Topliss-reactive ketones (excluding diaryl/α,β-unsaturated/α-hetero) is 1. The van der Waals surface area contributed by atoms with Crippen LogP contribution in [0, 0.1) is 0 Å². The number of ketones is 1. The lowest BCUT2D eigenvalue weighted by Gasteiger charge is -2.22. The number of benzene rings is 2. The van der Waals surface area contributed by atoms with Crippen LogP contribution in [0.2, 0.25) is 0 Å². The van der Waals surface area contributed by atoms with Crippen LogP contribution in [-0.4, -0.2) is 5.78 Å². The highest BCUT2D eigenvalue weighted by atomic mass is 16.1. The van der Waals surface area contributed by atoms with Crippen LogP contribution in [0.5, 0.6) is 0 Å². The van der Waals surface area contributed by atoms with E-state index in [0.717, 1.165) is 11.1 Å². The van der Waals surface area contributed by atoms with E-state index in [1.54, 1.807) is 6.92 Å². The highest BCUT2D eigenvalue weighted by molar-refractivity contribution is 5.94. The van der Waals surface area contributed by atoms with Crippen molar-refractivity contribution >= 4 is 17.4 Å². The van der Waals surface area contributed by atoms with Gasteiger partial charge in [0.1, 0.15) is 0 Å². The Labute approximate surface area is 151 Å². The first-order valence-corrected chi connectivity index (χ1v) is 9.05. The summed E-state index contributed by atoms with van der Waals surface area (Å²) in [6.07, 6.45) is 3.38. The molecule has 0 radical (unpaired) electrons. The summed E-state index contributed by atoms with van der Waals surface area (Å²) in [5.41, 5.74) is 7.85. The quantitative estimate of drug-likeness (QED) is 0.469. The summed E-state index contributed by atoms with van der Waals surface area (Å²) in [6, 6.07) is 14.8. The summed E-state index contributed by atoms with van der Waals surface area (Å²) in [5.74, 6) is 0.107. The molecule has 1 aliphatic rings. The Morgan fingerprint density at radius 1 is 0.840 bits per heavy atom. The molecule has 2 aromatic rings. The molecule has 0 aliphatic heterocycles. The Morgan fingerprint density at radius 3 is 2.00 bits per heavy atom. The van der Waals surface area contributed by atoms with E-state index in [1.807, 2.05) is 24.3 Å². The maximum Gasteiger partial charge on any atom is 0.159 e. The lowest BCUT2D eigenvalue weighted by molar-refractivity contribution is 0.101. The molecule has 0 aromatic heterocycles. The van der Waals surface area contributed by atoms with Gasteiger partial charge in [0.05, 0.1) is 0 Å². The minimum Gasteiger partial charge on any atom is -0.295 e. The van der Waals surface area contributed by atoms with Gasteiger partial charge in [0.25, 0.3) is 0 Å². The second-order valence-electron chi connectivity index (χ2n) is 8.71. The minimum absolute atomic E-state index is 0.107. The van der Waals surface area contributed by atoms with Gasteiger partial charge in [-0.25, -0.2) is 0 Å². The molecule has 25 heavy (non-hydrogen) atoms. The molecule has 0 spiro atoms. The molecule has 0 bridgehead atoms. The average Bonchev–Trinajstić information content (AvgIpc) is 2.72. The van der Waals surface area contributed by atoms with Crippen LogP contribution in [0.4, 0.5) is 0 Å². The summed E-state index contributed by atoms with van der Waals surface area (Å²) in [7, 11) is 0. The zero-order valence-corrected chi connectivity index (χ0v) is 16.2. The summed E-state index contributed by atoms with van der Waals surface area (Å²) < 4.78 is 0. The van der Waals surface area contributed by atoms with Gasteiger partial charge in [0.15, 0.2) is 5.78 Å². The van der Waals surface area contributed by atoms with Crippen LogP contribution in [0.15, 0.2) is 42.5 Å². The van der Waals surface area contributed by atoms with Crippen LogP contribution >= 0.6 is 0 Å². The van der Waals surface area contributed by atoms with Crippen LogP contribution in [0.3, 0.4) is 0 Å². The first-order chi connectivity index (χ1) is 11.6. The number of allylic oxidation sites excluding steroid dienone is 1. The maximum atomic E-state index is 11.4. The molecule has 1 aliphatic carbocycles. The number of fused-ring (bicyclic) bond motifs is 1. The fourth-order valence-corrected chi connectivity index (χ4v) is 4.38. The van der Waals surface area contributed by atoms with Crippen molar-refractivity contribution in [3.05, 3.63) is 70.3 Å². The number of rotatable bonds is 3. The first-order valence-electron chi connectivity index (χ1n) is 9.05. The van der Waals surface area contributed by atoms with Gasteiger partial charge in [-0.2, -0.15) is 0 Å². The van der Waals surface area contributed by atoms with Gasteiger partial charge in [-0.05, 0) is 58.9 Å².